The molecule has 14 heteroatoms. The zero-order valence-electron chi connectivity index (χ0n) is 15.9. The molecular formula is C18H13Cl2N7O5. The van der Waals surface area contributed by atoms with Gasteiger partial charge in [-0.05, 0) is 23.8 Å². The molecule has 1 heterocycles. The zero-order chi connectivity index (χ0) is 23.3. The number of hydrogen-bond acceptors (Lipinski definition) is 9. The first-order chi connectivity index (χ1) is 15.2. The summed E-state index contributed by atoms with van der Waals surface area (Å²) in [5.41, 5.74) is 4.84. The van der Waals surface area contributed by atoms with Gasteiger partial charge in [-0.1, -0.05) is 35.3 Å². The molecule has 0 aliphatic rings. The van der Waals surface area contributed by atoms with Crippen LogP contribution in [-0.4, -0.2) is 25.7 Å². The van der Waals surface area contributed by atoms with Gasteiger partial charge in [0.15, 0.2) is 0 Å². The quantitative estimate of drug-likeness (QED) is 0.320. The number of aromatic nitrogens is 2. The van der Waals surface area contributed by atoms with Crippen LogP contribution in [0.5, 0.6) is 0 Å². The van der Waals surface area contributed by atoms with Crippen LogP contribution < -0.4 is 16.2 Å². The minimum Gasteiger partial charge on any atom is -0.333 e. The Morgan fingerprint density at radius 2 is 1.66 bits per heavy atom. The summed E-state index contributed by atoms with van der Waals surface area (Å²) in [7, 11) is 0. The van der Waals surface area contributed by atoms with E-state index in [1.54, 1.807) is 6.07 Å². The van der Waals surface area contributed by atoms with E-state index in [9.17, 15) is 25.0 Å². The van der Waals surface area contributed by atoms with Crippen LogP contribution in [0.25, 0.3) is 0 Å². The average Bonchev–Trinajstić information content (AvgIpc) is 2.75. The molecule has 2 aromatic carbocycles. The molecule has 0 spiro atoms. The van der Waals surface area contributed by atoms with Crippen LogP contribution in [0.1, 0.15) is 5.56 Å². The van der Waals surface area contributed by atoms with Gasteiger partial charge in [0.05, 0.1) is 27.0 Å². The lowest BCUT2D eigenvalue weighted by Gasteiger charge is -2.12. The van der Waals surface area contributed by atoms with E-state index in [1.165, 1.54) is 36.4 Å². The number of benzene rings is 2. The lowest BCUT2D eigenvalue weighted by molar-refractivity contribution is -0.384. The maximum atomic E-state index is 12.2. The molecule has 3 aromatic rings. The molecule has 0 saturated heterocycles. The van der Waals surface area contributed by atoms with Crippen molar-refractivity contribution in [3.8, 4) is 0 Å². The third-order valence-corrected chi connectivity index (χ3v) is 4.58. The van der Waals surface area contributed by atoms with Gasteiger partial charge in [0.1, 0.15) is 6.33 Å². The number of hydrazine groups is 1. The summed E-state index contributed by atoms with van der Waals surface area (Å²) >= 11 is 12.0. The first kappa shape index (κ1) is 22.7. The van der Waals surface area contributed by atoms with E-state index < -0.39 is 21.4 Å². The van der Waals surface area contributed by atoms with Crippen molar-refractivity contribution >= 4 is 57.8 Å². The van der Waals surface area contributed by atoms with Crippen molar-refractivity contribution in [2.24, 2.45) is 0 Å². The van der Waals surface area contributed by atoms with E-state index in [1.807, 2.05) is 0 Å². The molecule has 12 nitrogen and oxygen atoms in total. The van der Waals surface area contributed by atoms with E-state index in [0.717, 1.165) is 6.33 Å². The van der Waals surface area contributed by atoms with Crippen molar-refractivity contribution in [2.45, 2.75) is 6.42 Å². The van der Waals surface area contributed by atoms with Crippen molar-refractivity contribution in [3.05, 3.63) is 84.6 Å². The van der Waals surface area contributed by atoms with Crippen LogP contribution in [0, 0.1) is 20.2 Å². The molecule has 3 N–H and O–H groups in total. The minimum absolute atomic E-state index is 0.108. The van der Waals surface area contributed by atoms with Crippen molar-refractivity contribution in [2.75, 3.05) is 10.7 Å². The monoisotopic (exact) mass is 477 g/mol. The standard InChI is InChI=1S/C18H13Cl2N7O5/c19-11-3-6-13(20)14(8-11)23-17-16(27(31)32)18(22-9-21-17)25-24-15(28)7-10-1-4-12(5-2-10)26(29)30/h1-6,8-9H,7H2,(H,24,28)(H2,21,22,23,25). The first-order valence-electron chi connectivity index (χ1n) is 8.74. The number of nitro groups is 2. The highest BCUT2D eigenvalue weighted by molar-refractivity contribution is 6.35. The number of carbonyl (C=O) groups excluding carboxylic acids is 1. The van der Waals surface area contributed by atoms with Crippen molar-refractivity contribution in [1.29, 1.82) is 0 Å². The number of hydrogen-bond donors (Lipinski definition) is 3. The Balaban J connectivity index is 1.74. The number of amides is 1. The molecule has 0 atom stereocenters. The SMILES string of the molecule is O=C(Cc1ccc([N+](=O)[O-])cc1)NNc1ncnc(Nc2cc(Cl)ccc2Cl)c1[N+](=O)[O-]. The fraction of sp³-hybridized carbons (Fsp3) is 0.0556. The second-order valence-corrected chi connectivity index (χ2v) is 7.04. The van der Waals surface area contributed by atoms with E-state index in [-0.39, 0.29) is 34.5 Å². The van der Waals surface area contributed by atoms with E-state index in [0.29, 0.717) is 10.6 Å². The summed E-state index contributed by atoms with van der Waals surface area (Å²) in [6, 6.07) is 9.93. The zero-order valence-corrected chi connectivity index (χ0v) is 17.4. The van der Waals surface area contributed by atoms with E-state index in [4.69, 9.17) is 23.2 Å². The number of nitro benzene ring substituents is 1. The highest BCUT2D eigenvalue weighted by Gasteiger charge is 2.24. The Hall–Kier alpha value is -4.03. The van der Waals surface area contributed by atoms with Gasteiger partial charge >= 0.3 is 5.69 Å². The maximum Gasteiger partial charge on any atom is 0.355 e. The second-order valence-electron chi connectivity index (χ2n) is 6.20. The van der Waals surface area contributed by atoms with Crippen molar-refractivity contribution in [3.63, 3.8) is 0 Å². The topological polar surface area (TPSA) is 165 Å². The molecule has 164 valence electrons. The summed E-state index contributed by atoms with van der Waals surface area (Å²) in [4.78, 5) is 40.9. The molecule has 0 radical (unpaired) electrons. The Morgan fingerprint density at radius 3 is 2.31 bits per heavy atom. The lowest BCUT2D eigenvalue weighted by atomic mass is 10.1. The van der Waals surface area contributed by atoms with Crippen molar-refractivity contribution < 1.29 is 14.6 Å². The maximum absolute atomic E-state index is 12.2. The van der Waals surface area contributed by atoms with Crippen LogP contribution in [-0.2, 0) is 11.2 Å². The predicted octanol–water partition coefficient (Wildman–Crippen LogP) is 4.03. The Labute approximate surface area is 189 Å². The van der Waals surface area contributed by atoms with Gasteiger partial charge in [0, 0.05) is 17.2 Å². The van der Waals surface area contributed by atoms with E-state index in [2.05, 4.69) is 26.1 Å². The molecule has 3 rings (SSSR count). The highest BCUT2D eigenvalue weighted by Crippen LogP contribution is 2.34. The number of anilines is 3. The molecule has 0 fully saturated rings. The Bertz CT molecular complexity index is 1190. The first-order valence-corrected chi connectivity index (χ1v) is 9.50. The number of nitrogens with zero attached hydrogens (tertiary/aromatic N) is 4. The van der Waals surface area contributed by atoms with Crippen LogP contribution >= 0.6 is 23.2 Å². The largest absolute Gasteiger partial charge is 0.355 e. The summed E-state index contributed by atoms with van der Waals surface area (Å²) in [5, 5.41) is 25.7. The number of rotatable bonds is 8. The molecule has 1 aromatic heterocycles. The Morgan fingerprint density at radius 1 is 0.969 bits per heavy atom. The molecule has 0 unspecified atom stereocenters. The van der Waals surface area contributed by atoms with Crippen LogP contribution in [0.2, 0.25) is 10.0 Å². The molecular weight excluding hydrogens is 465 g/mol. The van der Waals surface area contributed by atoms with Gasteiger partial charge in [-0.2, -0.15) is 0 Å². The minimum atomic E-state index is -0.731. The molecule has 0 saturated carbocycles. The average molecular weight is 478 g/mol. The third kappa shape index (κ3) is 5.56. The molecule has 0 aliphatic heterocycles. The molecule has 0 bridgehead atoms. The van der Waals surface area contributed by atoms with Crippen LogP contribution in [0.15, 0.2) is 48.8 Å². The lowest BCUT2D eigenvalue weighted by Crippen LogP contribution is -2.31. The van der Waals surface area contributed by atoms with Gasteiger partial charge in [0.25, 0.3) is 5.69 Å². The normalized spacial score (nSPS) is 10.3. The number of halogens is 2. The summed E-state index contributed by atoms with van der Waals surface area (Å²) < 4.78 is 0. The fourth-order valence-electron chi connectivity index (χ4n) is 2.55. The van der Waals surface area contributed by atoms with Crippen molar-refractivity contribution in [1.82, 2.24) is 15.4 Å². The van der Waals surface area contributed by atoms with Gasteiger partial charge in [0.2, 0.25) is 17.5 Å². The highest BCUT2D eigenvalue weighted by atomic mass is 35.5. The molecule has 32 heavy (non-hydrogen) atoms. The third-order valence-electron chi connectivity index (χ3n) is 4.02. The molecule has 1 amide bonds. The summed E-state index contributed by atoms with van der Waals surface area (Å²) in [5.74, 6) is -1.01. The van der Waals surface area contributed by atoms with Crippen LogP contribution in [0.4, 0.5) is 28.7 Å². The van der Waals surface area contributed by atoms with Gasteiger partial charge < -0.3 is 5.32 Å². The van der Waals surface area contributed by atoms with Gasteiger partial charge in [-0.3, -0.25) is 35.9 Å². The predicted molar refractivity (Wildman–Crippen MR) is 117 cm³/mol. The smallest absolute Gasteiger partial charge is 0.333 e. The second kappa shape index (κ2) is 9.85. The van der Waals surface area contributed by atoms with Gasteiger partial charge in [-0.15, -0.1) is 0 Å². The number of carbonyl (C=O) groups is 1. The fourth-order valence-corrected chi connectivity index (χ4v) is 2.89. The molecule has 0 aliphatic carbocycles. The summed E-state index contributed by atoms with van der Waals surface area (Å²) in [6.07, 6.45) is 0.922. The van der Waals surface area contributed by atoms with Crippen LogP contribution in [0.3, 0.4) is 0 Å². The Kier molecular flexibility index (Phi) is 6.97. The number of nitrogens with one attached hydrogen (secondary N) is 3. The number of non-ortho nitro benzene ring substituents is 1. The summed E-state index contributed by atoms with van der Waals surface area (Å²) in [6.45, 7) is 0. The van der Waals surface area contributed by atoms with E-state index >= 15 is 0 Å². The van der Waals surface area contributed by atoms with Gasteiger partial charge in [-0.25, -0.2) is 9.97 Å².